The van der Waals surface area contributed by atoms with Crippen LogP contribution in [-0.2, 0) is 0 Å². The standard InChI is InChI=1S/C15H25NO2/c1-6-13(16-10-11(2)3)12-8-7-9-14(17-4)15(12)18-5/h7-9,11,13,16H,6,10H2,1-5H3/t13-/m0/s1. The van der Waals surface area contributed by atoms with Crippen molar-refractivity contribution in [1.29, 1.82) is 0 Å². The van der Waals surface area contributed by atoms with Crippen molar-refractivity contribution in [3.63, 3.8) is 0 Å². The van der Waals surface area contributed by atoms with Crippen molar-refractivity contribution >= 4 is 0 Å². The van der Waals surface area contributed by atoms with E-state index in [1.807, 2.05) is 12.1 Å². The summed E-state index contributed by atoms with van der Waals surface area (Å²) in [5, 5.41) is 3.58. The number of hydrogen-bond acceptors (Lipinski definition) is 3. The quantitative estimate of drug-likeness (QED) is 0.805. The molecule has 102 valence electrons. The Morgan fingerprint density at radius 3 is 2.39 bits per heavy atom. The van der Waals surface area contributed by atoms with Gasteiger partial charge in [-0.1, -0.05) is 32.9 Å². The maximum absolute atomic E-state index is 5.49. The van der Waals surface area contributed by atoms with Crippen molar-refractivity contribution in [2.75, 3.05) is 20.8 Å². The Labute approximate surface area is 110 Å². The molecule has 0 aliphatic heterocycles. The highest BCUT2D eigenvalue weighted by Crippen LogP contribution is 2.35. The monoisotopic (exact) mass is 251 g/mol. The van der Waals surface area contributed by atoms with Crippen LogP contribution < -0.4 is 14.8 Å². The lowest BCUT2D eigenvalue weighted by molar-refractivity contribution is 0.344. The first-order valence-corrected chi connectivity index (χ1v) is 6.58. The topological polar surface area (TPSA) is 30.5 Å². The van der Waals surface area contributed by atoms with E-state index >= 15 is 0 Å². The summed E-state index contributed by atoms with van der Waals surface area (Å²) < 4.78 is 10.8. The van der Waals surface area contributed by atoms with Gasteiger partial charge in [0.25, 0.3) is 0 Å². The summed E-state index contributed by atoms with van der Waals surface area (Å²) in [5.41, 5.74) is 1.17. The van der Waals surface area contributed by atoms with Gasteiger partial charge in [-0.05, 0) is 24.9 Å². The molecule has 0 aliphatic carbocycles. The Morgan fingerprint density at radius 2 is 1.89 bits per heavy atom. The molecule has 0 saturated carbocycles. The van der Waals surface area contributed by atoms with Crippen LogP contribution in [0.3, 0.4) is 0 Å². The van der Waals surface area contributed by atoms with Gasteiger partial charge in [0.2, 0.25) is 0 Å². The van der Waals surface area contributed by atoms with Crippen LogP contribution in [0.1, 0.15) is 38.8 Å². The van der Waals surface area contributed by atoms with Gasteiger partial charge in [-0.25, -0.2) is 0 Å². The van der Waals surface area contributed by atoms with Crippen LogP contribution in [0.2, 0.25) is 0 Å². The Morgan fingerprint density at radius 1 is 1.17 bits per heavy atom. The smallest absolute Gasteiger partial charge is 0.165 e. The normalized spacial score (nSPS) is 12.6. The predicted octanol–water partition coefficient (Wildman–Crippen LogP) is 3.40. The number of rotatable bonds is 7. The lowest BCUT2D eigenvalue weighted by Crippen LogP contribution is -2.25. The molecule has 1 atom stereocenters. The Balaban J connectivity index is 2.97. The zero-order valence-corrected chi connectivity index (χ0v) is 12.1. The fourth-order valence-corrected chi connectivity index (χ4v) is 2.04. The van der Waals surface area contributed by atoms with Crippen LogP contribution in [-0.4, -0.2) is 20.8 Å². The van der Waals surface area contributed by atoms with Crippen molar-refractivity contribution in [3.8, 4) is 11.5 Å². The van der Waals surface area contributed by atoms with E-state index in [0.717, 1.165) is 24.5 Å². The third-order valence-electron chi connectivity index (χ3n) is 2.99. The summed E-state index contributed by atoms with van der Waals surface area (Å²) in [5.74, 6) is 2.26. The summed E-state index contributed by atoms with van der Waals surface area (Å²) in [4.78, 5) is 0. The average Bonchev–Trinajstić information content (AvgIpc) is 2.38. The van der Waals surface area contributed by atoms with E-state index in [9.17, 15) is 0 Å². The number of methoxy groups -OCH3 is 2. The maximum Gasteiger partial charge on any atom is 0.165 e. The van der Waals surface area contributed by atoms with Gasteiger partial charge >= 0.3 is 0 Å². The second-order valence-electron chi connectivity index (χ2n) is 4.85. The minimum atomic E-state index is 0.303. The average molecular weight is 251 g/mol. The fourth-order valence-electron chi connectivity index (χ4n) is 2.04. The van der Waals surface area contributed by atoms with E-state index in [0.29, 0.717) is 12.0 Å². The molecule has 0 unspecified atom stereocenters. The van der Waals surface area contributed by atoms with Crippen LogP contribution >= 0.6 is 0 Å². The zero-order valence-electron chi connectivity index (χ0n) is 12.1. The molecule has 3 nitrogen and oxygen atoms in total. The molecule has 0 spiro atoms. The van der Waals surface area contributed by atoms with Crippen molar-refractivity contribution in [2.24, 2.45) is 5.92 Å². The van der Waals surface area contributed by atoms with Crippen molar-refractivity contribution in [2.45, 2.75) is 33.2 Å². The summed E-state index contributed by atoms with van der Waals surface area (Å²) in [6.07, 6.45) is 1.02. The molecule has 0 radical (unpaired) electrons. The number of para-hydroxylation sites is 1. The van der Waals surface area contributed by atoms with Gasteiger partial charge in [0.15, 0.2) is 11.5 Å². The van der Waals surface area contributed by atoms with E-state index in [2.05, 4.69) is 32.2 Å². The molecule has 0 aromatic heterocycles. The third-order valence-corrected chi connectivity index (χ3v) is 2.99. The van der Waals surface area contributed by atoms with Gasteiger partial charge in [0, 0.05) is 11.6 Å². The van der Waals surface area contributed by atoms with Gasteiger partial charge in [-0.15, -0.1) is 0 Å². The van der Waals surface area contributed by atoms with Crippen LogP contribution in [0.25, 0.3) is 0 Å². The van der Waals surface area contributed by atoms with Crippen LogP contribution in [0, 0.1) is 5.92 Å². The molecular weight excluding hydrogens is 226 g/mol. The van der Waals surface area contributed by atoms with E-state index in [4.69, 9.17) is 9.47 Å². The van der Waals surface area contributed by atoms with E-state index in [1.54, 1.807) is 14.2 Å². The van der Waals surface area contributed by atoms with Gasteiger partial charge < -0.3 is 14.8 Å². The Kier molecular flexibility index (Phi) is 5.99. The highest BCUT2D eigenvalue weighted by Gasteiger charge is 2.17. The Hall–Kier alpha value is -1.22. The van der Waals surface area contributed by atoms with Crippen molar-refractivity contribution < 1.29 is 9.47 Å². The molecule has 1 aromatic rings. The first-order valence-electron chi connectivity index (χ1n) is 6.58. The largest absolute Gasteiger partial charge is 0.493 e. The van der Waals surface area contributed by atoms with Crippen molar-refractivity contribution in [1.82, 2.24) is 5.32 Å². The van der Waals surface area contributed by atoms with E-state index in [1.165, 1.54) is 5.56 Å². The highest BCUT2D eigenvalue weighted by atomic mass is 16.5. The molecule has 18 heavy (non-hydrogen) atoms. The Bertz CT molecular complexity index is 364. The van der Waals surface area contributed by atoms with Crippen LogP contribution in [0.4, 0.5) is 0 Å². The summed E-state index contributed by atoms with van der Waals surface area (Å²) >= 11 is 0. The van der Waals surface area contributed by atoms with Gasteiger partial charge in [0.1, 0.15) is 0 Å². The molecule has 0 heterocycles. The molecule has 3 heteroatoms. The summed E-state index contributed by atoms with van der Waals surface area (Å²) in [7, 11) is 3.36. The fraction of sp³-hybridized carbons (Fsp3) is 0.600. The van der Waals surface area contributed by atoms with Gasteiger partial charge in [-0.2, -0.15) is 0 Å². The third kappa shape index (κ3) is 3.64. The lowest BCUT2D eigenvalue weighted by atomic mass is 10.0. The van der Waals surface area contributed by atoms with E-state index in [-0.39, 0.29) is 0 Å². The first kappa shape index (κ1) is 14.8. The molecule has 0 amide bonds. The SMILES string of the molecule is CC[C@H](NCC(C)C)c1cccc(OC)c1OC. The molecule has 0 aliphatic rings. The summed E-state index contributed by atoms with van der Waals surface area (Å²) in [6, 6.07) is 6.34. The number of benzene rings is 1. The molecule has 1 N–H and O–H groups in total. The molecule has 0 saturated heterocycles. The minimum Gasteiger partial charge on any atom is -0.493 e. The van der Waals surface area contributed by atoms with Crippen molar-refractivity contribution in [3.05, 3.63) is 23.8 Å². The second kappa shape index (κ2) is 7.27. The molecular formula is C15H25NO2. The number of hydrogen-bond donors (Lipinski definition) is 1. The molecule has 0 bridgehead atoms. The molecule has 1 aromatic carbocycles. The van der Waals surface area contributed by atoms with Crippen LogP contribution in [0.15, 0.2) is 18.2 Å². The van der Waals surface area contributed by atoms with Gasteiger partial charge in [0.05, 0.1) is 14.2 Å². The number of nitrogens with one attached hydrogen (secondary N) is 1. The molecule has 0 fully saturated rings. The molecule has 1 rings (SSSR count). The second-order valence-corrected chi connectivity index (χ2v) is 4.85. The number of ether oxygens (including phenoxy) is 2. The van der Waals surface area contributed by atoms with E-state index < -0.39 is 0 Å². The lowest BCUT2D eigenvalue weighted by Gasteiger charge is -2.22. The highest BCUT2D eigenvalue weighted by molar-refractivity contribution is 5.48. The minimum absolute atomic E-state index is 0.303. The van der Waals surface area contributed by atoms with Gasteiger partial charge in [-0.3, -0.25) is 0 Å². The predicted molar refractivity (Wildman–Crippen MR) is 75.4 cm³/mol. The first-order chi connectivity index (χ1) is 8.63. The summed E-state index contributed by atoms with van der Waals surface area (Å²) in [6.45, 7) is 7.60. The maximum atomic E-state index is 5.49. The van der Waals surface area contributed by atoms with Crippen LogP contribution in [0.5, 0.6) is 11.5 Å². The zero-order chi connectivity index (χ0) is 13.5.